The molecule has 0 bridgehead atoms. The summed E-state index contributed by atoms with van der Waals surface area (Å²) in [6.45, 7) is 0. The second-order valence-corrected chi connectivity index (χ2v) is 6.60. The molecule has 0 radical (unpaired) electrons. The molecule has 0 unspecified atom stereocenters. The second kappa shape index (κ2) is 7.35. The lowest BCUT2D eigenvalue weighted by Crippen LogP contribution is -1.95. The molecule has 7 nitrogen and oxygen atoms in total. The third kappa shape index (κ3) is 3.54. The highest BCUT2D eigenvalue weighted by molar-refractivity contribution is 7.99. The van der Waals surface area contributed by atoms with Crippen molar-refractivity contribution >= 4 is 28.4 Å². The van der Waals surface area contributed by atoms with Crippen LogP contribution in [0.3, 0.4) is 0 Å². The summed E-state index contributed by atoms with van der Waals surface area (Å²) < 4.78 is 0. The monoisotopic (exact) mass is 374 g/mol. The van der Waals surface area contributed by atoms with Crippen LogP contribution >= 0.6 is 11.8 Å². The first kappa shape index (κ1) is 16.9. The molecule has 0 aliphatic carbocycles. The maximum Gasteiger partial charge on any atom is 0.209 e. The topological polar surface area (TPSA) is 114 Å². The number of hydrogen-bond donors (Lipinski definition) is 3. The van der Waals surface area contributed by atoms with Crippen molar-refractivity contribution in [3.05, 3.63) is 66.2 Å². The minimum atomic E-state index is -0.0763. The molecule has 3 N–H and O–H groups in total. The van der Waals surface area contributed by atoms with E-state index in [2.05, 4.69) is 25.1 Å². The van der Waals surface area contributed by atoms with Crippen molar-refractivity contribution in [3.63, 3.8) is 0 Å². The molecule has 4 aromatic rings. The van der Waals surface area contributed by atoms with E-state index >= 15 is 0 Å². The van der Waals surface area contributed by atoms with Crippen LogP contribution in [0.15, 0.2) is 65.5 Å². The number of hydrogen-bond acceptors (Lipinski definition) is 6. The molecule has 2 heterocycles. The van der Waals surface area contributed by atoms with Gasteiger partial charge in [0, 0.05) is 5.56 Å². The summed E-state index contributed by atoms with van der Waals surface area (Å²) in [5.74, 6) is 1.08. The fourth-order valence-electron chi connectivity index (χ4n) is 2.57. The van der Waals surface area contributed by atoms with Gasteiger partial charge in [0.05, 0.1) is 16.8 Å². The highest BCUT2D eigenvalue weighted by Gasteiger charge is 2.14. The number of nitriles is 1. The van der Waals surface area contributed by atoms with Crippen LogP contribution in [-0.4, -0.2) is 36.0 Å². The first-order chi connectivity index (χ1) is 13.2. The van der Waals surface area contributed by atoms with Crippen LogP contribution in [0.1, 0.15) is 5.82 Å². The van der Waals surface area contributed by atoms with Crippen molar-refractivity contribution in [3.8, 4) is 17.5 Å². The summed E-state index contributed by atoms with van der Waals surface area (Å²) in [5, 5.41) is 27.3. The van der Waals surface area contributed by atoms with E-state index in [0.717, 1.165) is 16.6 Å². The largest absolute Gasteiger partial charge is 0.510 e. The first-order valence-corrected chi connectivity index (χ1v) is 9.11. The van der Waals surface area contributed by atoms with E-state index in [1.165, 1.54) is 11.8 Å². The molecule has 0 atom stereocenters. The van der Waals surface area contributed by atoms with E-state index in [0.29, 0.717) is 16.8 Å². The Bertz CT molecular complexity index is 1120. The van der Waals surface area contributed by atoms with Gasteiger partial charge in [-0.3, -0.25) is 5.10 Å². The number of rotatable bonds is 5. The third-order valence-electron chi connectivity index (χ3n) is 3.88. The van der Waals surface area contributed by atoms with Crippen LogP contribution in [-0.2, 0) is 0 Å². The average Bonchev–Trinajstić information content (AvgIpc) is 3.34. The van der Waals surface area contributed by atoms with Gasteiger partial charge in [-0.05, 0) is 12.1 Å². The number of fused-ring (bicyclic) bond motifs is 1. The Morgan fingerprint density at radius 2 is 1.85 bits per heavy atom. The zero-order chi connectivity index (χ0) is 18.6. The number of aliphatic hydroxyl groups is 1. The SMILES string of the molecule is N#C/C(=C(/O)CSc1n[nH]c(-c2ccccc2)n1)c1nc2ccccc2[nH]1. The molecule has 0 saturated carbocycles. The molecule has 0 saturated heterocycles. The zero-order valence-corrected chi connectivity index (χ0v) is 14.9. The molecule has 132 valence electrons. The van der Waals surface area contributed by atoms with Crippen molar-refractivity contribution in [2.45, 2.75) is 5.16 Å². The molecule has 2 aromatic heterocycles. The molecule has 27 heavy (non-hydrogen) atoms. The summed E-state index contributed by atoms with van der Waals surface area (Å²) in [6, 6.07) is 19.1. The van der Waals surface area contributed by atoms with E-state index < -0.39 is 0 Å². The number of para-hydroxylation sites is 2. The van der Waals surface area contributed by atoms with Gasteiger partial charge in [0.25, 0.3) is 0 Å². The lowest BCUT2D eigenvalue weighted by atomic mass is 10.2. The molecule has 2 aromatic carbocycles. The third-order valence-corrected chi connectivity index (χ3v) is 4.74. The molecule has 0 spiro atoms. The van der Waals surface area contributed by atoms with Crippen LogP contribution < -0.4 is 0 Å². The van der Waals surface area contributed by atoms with E-state index in [9.17, 15) is 10.4 Å². The summed E-state index contributed by atoms with van der Waals surface area (Å²) in [4.78, 5) is 11.8. The van der Waals surface area contributed by atoms with Crippen LogP contribution in [0.2, 0.25) is 0 Å². The van der Waals surface area contributed by atoms with Crippen molar-refractivity contribution < 1.29 is 5.11 Å². The van der Waals surface area contributed by atoms with E-state index in [1.807, 2.05) is 60.7 Å². The van der Waals surface area contributed by atoms with E-state index in [-0.39, 0.29) is 17.1 Å². The molecular weight excluding hydrogens is 360 g/mol. The van der Waals surface area contributed by atoms with Gasteiger partial charge in [-0.25, -0.2) is 9.97 Å². The number of aromatic amines is 2. The Hall–Kier alpha value is -3.57. The second-order valence-electron chi connectivity index (χ2n) is 5.66. The van der Waals surface area contributed by atoms with Gasteiger partial charge in [0.15, 0.2) is 11.6 Å². The summed E-state index contributed by atoms with van der Waals surface area (Å²) in [5.41, 5.74) is 2.58. The maximum absolute atomic E-state index is 10.4. The van der Waals surface area contributed by atoms with Gasteiger partial charge in [0.2, 0.25) is 5.16 Å². The predicted molar refractivity (Wildman–Crippen MR) is 104 cm³/mol. The van der Waals surface area contributed by atoms with Crippen molar-refractivity contribution in [2.24, 2.45) is 0 Å². The predicted octanol–water partition coefficient (Wildman–Crippen LogP) is 3.93. The zero-order valence-electron chi connectivity index (χ0n) is 14.0. The first-order valence-electron chi connectivity index (χ1n) is 8.12. The molecule has 0 fully saturated rings. The van der Waals surface area contributed by atoms with Gasteiger partial charge < -0.3 is 10.1 Å². The molecule has 4 rings (SSSR count). The molecule has 0 amide bonds. The Morgan fingerprint density at radius 3 is 2.63 bits per heavy atom. The van der Waals surface area contributed by atoms with Gasteiger partial charge in [-0.2, -0.15) is 5.26 Å². The summed E-state index contributed by atoms with van der Waals surface area (Å²) in [7, 11) is 0. The van der Waals surface area contributed by atoms with Crippen LogP contribution in [0.25, 0.3) is 28.0 Å². The van der Waals surface area contributed by atoms with Crippen LogP contribution in [0.5, 0.6) is 0 Å². The fraction of sp³-hybridized carbons (Fsp3) is 0.0526. The fourth-order valence-corrected chi connectivity index (χ4v) is 3.24. The average molecular weight is 374 g/mol. The minimum absolute atomic E-state index is 0.0763. The van der Waals surface area contributed by atoms with E-state index in [4.69, 9.17) is 0 Å². The Balaban J connectivity index is 1.53. The lowest BCUT2D eigenvalue weighted by molar-refractivity contribution is 0.420. The highest BCUT2D eigenvalue weighted by atomic mass is 32.2. The Kier molecular flexibility index (Phi) is 4.60. The van der Waals surface area contributed by atoms with Gasteiger partial charge >= 0.3 is 0 Å². The van der Waals surface area contributed by atoms with Crippen molar-refractivity contribution in [1.29, 1.82) is 5.26 Å². The standard InChI is InChI=1S/C19H14N6OS/c20-10-13(18-21-14-8-4-5-9-15(14)22-18)16(26)11-27-19-23-17(24-25-19)12-6-2-1-3-7-12/h1-9,26H,11H2,(H,21,22)(H,23,24,25)/b16-13-. The number of thioether (sulfide) groups is 1. The smallest absolute Gasteiger partial charge is 0.209 e. The minimum Gasteiger partial charge on any atom is -0.510 e. The molecule has 0 aliphatic heterocycles. The Labute approximate surface area is 158 Å². The summed E-state index contributed by atoms with van der Waals surface area (Å²) >= 11 is 1.24. The Morgan fingerprint density at radius 1 is 1.07 bits per heavy atom. The quantitative estimate of drug-likeness (QED) is 0.277. The molecule has 0 aliphatic rings. The number of aliphatic hydroxyl groups excluding tert-OH is 1. The van der Waals surface area contributed by atoms with Crippen LogP contribution in [0, 0.1) is 11.3 Å². The van der Waals surface area contributed by atoms with Crippen molar-refractivity contribution in [1.82, 2.24) is 25.1 Å². The number of imidazole rings is 1. The van der Waals surface area contributed by atoms with E-state index in [1.54, 1.807) is 0 Å². The van der Waals surface area contributed by atoms with Gasteiger partial charge in [-0.1, -0.05) is 54.2 Å². The number of benzene rings is 2. The molecular formula is C19H14N6OS. The highest BCUT2D eigenvalue weighted by Crippen LogP contribution is 2.24. The number of H-pyrrole nitrogens is 2. The van der Waals surface area contributed by atoms with Crippen molar-refractivity contribution in [2.75, 3.05) is 5.75 Å². The van der Waals surface area contributed by atoms with Gasteiger partial charge in [-0.15, -0.1) is 5.10 Å². The van der Waals surface area contributed by atoms with Crippen LogP contribution in [0.4, 0.5) is 0 Å². The molecule has 8 heteroatoms. The normalized spacial score (nSPS) is 12.0. The number of nitrogens with zero attached hydrogens (tertiary/aromatic N) is 4. The number of allylic oxidation sites excluding steroid dienone is 1. The maximum atomic E-state index is 10.4. The number of aromatic nitrogens is 5. The lowest BCUT2D eigenvalue weighted by Gasteiger charge is -2.00. The number of nitrogens with one attached hydrogen (secondary N) is 2. The van der Waals surface area contributed by atoms with Gasteiger partial charge in [0.1, 0.15) is 17.4 Å². The summed E-state index contributed by atoms with van der Waals surface area (Å²) in [6.07, 6.45) is 0.